The van der Waals surface area contributed by atoms with Crippen LogP contribution in [0.3, 0.4) is 0 Å². The summed E-state index contributed by atoms with van der Waals surface area (Å²) in [6.07, 6.45) is 2.74. The van der Waals surface area contributed by atoms with Gasteiger partial charge in [0.15, 0.2) is 0 Å². The van der Waals surface area contributed by atoms with Crippen LogP contribution in [0.25, 0.3) is 6.08 Å². The van der Waals surface area contributed by atoms with Crippen molar-refractivity contribution < 1.29 is 14.6 Å². The number of carbonyl (C=O) groups is 1. The maximum absolute atomic E-state index is 10.6. The molecule has 0 bridgehead atoms. The molecule has 0 atom stereocenters. The van der Waals surface area contributed by atoms with Gasteiger partial charge in [-0.05, 0) is 30.7 Å². The van der Waals surface area contributed by atoms with Crippen LogP contribution in [0.5, 0.6) is 0 Å². The molecule has 0 fully saturated rings. The van der Waals surface area contributed by atoms with E-state index in [4.69, 9.17) is 9.84 Å². The quantitative estimate of drug-likeness (QED) is 0.617. The van der Waals surface area contributed by atoms with E-state index in [1.54, 1.807) is 6.08 Å². The fourth-order valence-electron chi connectivity index (χ4n) is 1.62. The van der Waals surface area contributed by atoms with Gasteiger partial charge in [0, 0.05) is 36.4 Å². The predicted octanol–water partition coefficient (Wildman–Crippen LogP) is 3.02. The second kappa shape index (κ2) is 7.96. The summed E-state index contributed by atoms with van der Waals surface area (Å²) in [6, 6.07) is 5.74. The van der Waals surface area contributed by atoms with E-state index in [0.29, 0.717) is 13.2 Å². The maximum atomic E-state index is 10.6. The Morgan fingerprint density at radius 2 is 2.26 bits per heavy atom. The molecule has 104 valence electrons. The number of anilines is 1. The number of hydrogen-bond acceptors (Lipinski definition) is 3. The summed E-state index contributed by atoms with van der Waals surface area (Å²) in [5.74, 6) is -0.953. The summed E-state index contributed by atoms with van der Waals surface area (Å²) in [5.41, 5.74) is 1.83. The van der Waals surface area contributed by atoms with Crippen LogP contribution in [-0.4, -0.2) is 37.9 Å². The van der Waals surface area contributed by atoms with E-state index in [1.807, 2.05) is 37.1 Å². The Morgan fingerprint density at radius 3 is 2.89 bits per heavy atom. The Bertz CT molecular complexity index is 460. The molecule has 0 saturated carbocycles. The topological polar surface area (TPSA) is 49.8 Å². The smallest absolute Gasteiger partial charge is 0.328 e. The van der Waals surface area contributed by atoms with E-state index in [9.17, 15) is 4.79 Å². The third-order valence-electron chi connectivity index (χ3n) is 2.58. The van der Waals surface area contributed by atoms with Gasteiger partial charge in [0.2, 0.25) is 0 Å². The summed E-state index contributed by atoms with van der Waals surface area (Å²) in [5, 5.41) is 8.70. The van der Waals surface area contributed by atoms with E-state index in [-0.39, 0.29) is 0 Å². The van der Waals surface area contributed by atoms with Crippen molar-refractivity contribution in [3.8, 4) is 0 Å². The molecule has 0 aromatic heterocycles. The van der Waals surface area contributed by atoms with E-state index in [0.717, 1.165) is 28.3 Å². The Kier molecular flexibility index (Phi) is 6.59. The van der Waals surface area contributed by atoms with Crippen molar-refractivity contribution in [3.63, 3.8) is 0 Å². The molecule has 0 aliphatic rings. The monoisotopic (exact) mass is 327 g/mol. The molecule has 0 radical (unpaired) electrons. The highest BCUT2D eigenvalue weighted by Crippen LogP contribution is 2.25. The number of likely N-dealkylation sites (N-methyl/N-ethyl adjacent to an activating group) is 1. The number of hydrogen-bond donors (Lipinski definition) is 1. The van der Waals surface area contributed by atoms with Gasteiger partial charge >= 0.3 is 5.97 Å². The average molecular weight is 328 g/mol. The lowest BCUT2D eigenvalue weighted by molar-refractivity contribution is -0.131. The molecule has 1 rings (SSSR count). The fourth-order valence-corrected chi connectivity index (χ4v) is 1.96. The van der Waals surface area contributed by atoms with E-state index < -0.39 is 5.97 Å². The van der Waals surface area contributed by atoms with Crippen molar-refractivity contribution in [2.45, 2.75) is 6.92 Å². The zero-order valence-corrected chi connectivity index (χ0v) is 12.7. The van der Waals surface area contributed by atoms with E-state index in [2.05, 4.69) is 15.9 Å². The summed E-state index contributed by atoms with van der Waals surface area (Å²) in [4.78, 5) is 12.6. The molecule has 0 saturated heterocycles. The van der Waals surface area contributed by atoms with Crippen molar-refractivity contribution in [2.24, 2.45) is 0 Å². The first-order chi connectivity index (χ1) is 9.04. The van der Waals surface area contributed by atoms with E-state index in [1.165, 1.54) is 0 Å². The second-order valence-corrected chi connectivity index (χ2v) is 4.91. The molecule has 5 heteroatoms. The highest BCUT2D eigenvalue weighted by Gasteiger charge is 2.06. The number of nitrogens with zero attached hydrogens (tertiary/aromatic N) is 1. The van der Waals surface area contributed by atoms with Crippen molar-refractivity contribution >= 4 is 33.7 Å². The van der Waals surface area contributed by atoms with Gasteiger partial charge in [0.25, 0.3) is 0 Å². The molecule has 1 aromatic rings. The molecule has 19 heavy (non-hydrogen) atoms. The Hall–Kier alpha value is -1.33. The highest BCUT2D eigenvalue weighted by molar-refractivity contribution is 9.10. The summed E-state index contributed by atoms with van der Waals surface area (Å²) >= 11 is 3.43. The number of carboxylic acids is 1. The van der Waals surface area contributed by atoms with Gasteiger partial charge in [-0.25, -0.2) is 4.79 Å². The van der Waals surface area contributed by atoms with Crippen LogP contribution >= 0.6 is 15.9 Å². The number of rotatable bonds is 7. The zero-order chi connectivity index (χ0) is 14.3. The molecular formula is C14H18BrNO3. The van der Waals surface area contributed by atoms with E-state index >= 15 is 0 Å². The lowest BCUT2D eigenvalue weighted by atomic mass is 10.1. The Balaban J connectivity index is 2.89. The summed E-state index contributed by atoms with van der Waals surface area (Å²) in [6.45, 7) is 4.04. The molecule has 0 amide bonds. The van der Waals surface area contributed by atoms with Crippen LogP contribution in [0, 0.1) is 0 Å². The fraction of sp³-hybridized carbons (Fsp3) is 0.357. The first-order valence-corrected chi connectivity index (χ1v) is 6.83. The number of aliphatic carboxylic acids is 1. The van der Waals surface area contributed by atoms with Gasteiger partial charge in [-0.15, -0.1) is 0 Å². The molecular weight excluding hydrogens is 310 g/mol. The molecule has 0 aliphatic carbocycles. The van der Waals surface area contributed by atoms with Gasteiger partial charge in [0.1, 0.15) is 0 Å². The molecule has 0 heterocycles. The summed E-state index contributed by atoms with van der Waals surface area (Å²) in [7, 11) is 1.96. The standard InChI is InChI=1S/C14H18BrNO3/c1-3-19-9-8-16(2)13-10-12(15)6-4-11(13)5-7-14(17)18/h4-7,10H,3,8-9H2,1-2H3,(H,17,18)/b7-5+. The van der Waals surface area contributed by atoms with Crippen LogP contribution in [0.4, 0.5) is 5.69 Å². The number of halogens is 1. The lowest BCUT2D eigenvalue weighted by Crippen LogP contribution is -2.23. The second-order valence-electron chi connectivity index (χ2n) is 3.99. The zero-order valence-electron chi connectivity index (χ0n) is 11.1. The van der Waals surface area contributed by atoms with Gasteiger partial charge < -0.3 is 14.7 Å². The van der Waals surface area contributed by atoms with Crippen LogP contribution in [0.15, 0.2) is 28.7 Å². The largest absolute Gasteiger partial charge is 0.478 e. The minimum absolute atomic E-state index is 0.640. The van der Waals surface area contributed by atoms with Crippen LogP contribution in [0.1, 0.15) is 12.5 Å². The van der Waals surface area contributed by atoms with Crippen molar-refractivity contribution in [1.82, 2.24) is 0 Å². The first kappa shape index (κ1) is 15.7. The van der Waals surface area contributed by atoms with Gasteiger partial charge in [-0.2, -0.15) is 0 Å². The SMILES string of the molecule is CCOCCN(C)c1cc(Br)ccc1/C=C/C(=O)O. The third-order valence-corrected chi connectivity index (χ3v) is 3.08. The number of carboxylic acid groups (broad SMARTS) is 1. The van der Waals surface area contributed by atoms with Crippen LogP contribution in [-0.2, 0) is 9.53 Å². The van der Waals surface area contributed by atoms with Gasteiger partial charge in [-0.3, -0.25) is 0 Å². The van der Waals surface area contributed by atoms with Crippen molar-refractivity contribution in [1.29, 1.82) is 0 Å². The van der Waals surface area contributed by atoms with Gasteiger partial charge in [-0.1, -0.05) is 22.0 Å². The van der Waals surface area contributed by atoms with Crippen LogP contribution < -0.4 is 4.90 Å². The third kappa shape index (κ3) is 5.44. The predicted molar refractivity (Wildman–Crippen MR) is 80.6 cm³/mol. The normalized spacial score (nSPS) is 10.9. The molecule has 0 spiro atoms. The van der Waals surface area contributed by atoms with Gasteiger partial charge in [0.05, 0.1) is 6.61 Å². The number of ether oxygens (including phenoxy) is 1. The number of benzene rings is 1. The highest BCUT2D eigenvalue weighted by atomic mass is 79.9. The lowest BCUT2D eigenvalue weighted by Gasteiger charge is -2.21. The van der Waals surface area contributed by atoms with Crippen molar-refractivity contribution in [2.75, 3.05) is 31.7 Å². The Morgan fingerprint density at radius 1 is 1.53 bits per heavy atom. The average Bonchev–Trinajstić information content (AvgIpc) is 2.37. The molecule has 1 aromatic carbocycles. The molecule has 4 nitrogen and oxygen atoms in total. The minimum Gasteiger partial charge on any atom is -0.478 e. The maximum Gasteiger partial charge on any atom is 0.328 e. The molecule has 1 N–H and O–H groups in total. The molecule has 0 aliphatic heterocycles. The first-order valence-electron chi connectivity index (χ1n) is 6.04. The minimum atomic E-state index is -0.953. The Labute approximate surface area is 121 Å². The van der Waals surface area contributed by atoms with Crippen LogP contribution in [0.2, 0.25) is 0 Å². The summed E-state index contributed by atoms with van der Waals surface area (Å²) < 4.78 is 6.29. The molecule has 0 unspecified atom stereocenters. The van der Waals surface area contributed by atoms with Crippen molar-refractivity contribution in [3.05, 3.63) is 34.3 Å².